The van der Waals surface area contributed by atoms with Crippen molar-refractivity contribution in [3.05, 3.63) is 79.3 Å². The van der Waals surface area contributed by atoms with E-state index in [2.05, 4.69) is 105 Å². The van der Waals surface area contributed by atoms with E-state index < -0.39 is 8.07 Å². The van der Waals surface area contributed by atoms with Crippen LogP contribution in [0.4, 0.5) is 11.4 Å². The molecular weight excluding hydrogens is 635 g/mol. The number of morpholine rings is 1. The lowest BCUT2D eigenvalue weighted by molar-refractivity contribution is 0.0394. The zero-order valence-electron chi connectivity index (χ0n) is 27.8. The second kappa shape index (κ2) is 13.1. The Kier molecular flexibility index (Phi) is 8.56. The normalized spacial score (nSPS) is 15.3. The van der Waals surface area contributed by atoms with Crippen molar-refractivity contribution in [2.75, 3.05) is 50.9 Å². The van der Waals surface area contributed by atoms with E-state index in [4.69, 9.17) is 14.5 Å². The van der Waals surface area contributed by atoms with Gasteiger partial charge in [0.15, 0.2) is 5.65 Å². The minimum atomic E-state index is -1.16. The highest BCUT2D eigenvalue weighted by Crippen LogP contribution is 2.50. The molecule has 0 unspecified atom stereocenters. The van der Waals surface area contributed by atoms with Gasteiger partial charge >= 0.3 is 0 Å². The third kappa shape index (κ3) is 6.28. The molecule has 1 fully saturated rings. The number of nitrogens with zero attached hydrogens (tertiary/aromatic N) is 6. The first kappa shape index (κ1) is 31.3. The molecule has 1 N–H and O–H groups in total. The molecule has 0 aliphatic carbocycles. The van der Waals surface area contributed by atoms with Crippen LogP contribution in [0.1, 0.15) is 0 Å². The fourth-order valence-electron chi connectivity index (χ4n) is 6.60. The summed E-state index contributed by atoms with van der Waals surface area (Å²) in [7, 11) is -1.16. The molecule has 3 aromatic heterocycles. The maximum Gasteiger partial charge on any atom is 0.160 e. The average Bonchev–Trinajstić information content (AvgIpc) is 3.75. The van der Waals surface area contributed by atoms with Crippen LogP contribution in [0.25, 0.3) is 44.2 Å². The van der Waals surface area contributed by atoms with Gasteiger partial charge in [-0.2, -0.15) is 10.2 Å². The van der Waals surface area contributed by atoms with Gasteiger partial charge in [-0.25, -0.2) is 9.67 Å². The Balaban J connectivity index is 1.13. The molecule has 246 valence electrons. The lowest BCUT2D eigenvalue weighted by Crippen LogP contribution is -2.41. The Morgan fingerprint density at radius 1 is 0.875 bits per heavy atom. The highest BCUT2D eigenvalue weighted by molar-refractivity contribution is 7.99. The molecule has 1 saturated heterocycles. The summed E-state index contributed by atoms with van der Waals surface area (Å²) in [6.45, 7) is 13.7. The van der Waals surface area contributed by atoms with Gasteiger partial charge in [0.1, 0.15) is 6.73 Å². The molecule has 8 rings (SSSR count). The summed E-state index contributed by atoms with van der Waals surface area (Å²) >= 11 is 1.85. The average molecular weight is 676 g/mol. The van der Waals surface area contributed by atoms with E-state index in [1.165, 1.54) is 32.3 Å². The molecule has 11 heteroatoms. The molecule has 2 aliphatic rings. The van der Waals surface area contributed by atoms with E-state index >= 15 is 0 Å². The van der Waals surface area contributed by atoms with E-state index in [0.29, 0.717) is 6.73 Å². The van der Waals surface area contributed by atoms with E-state index in [-0.39, 0.29) is 0 Å². The fraction of sp³-hybridized carbons (Fsp3) is 0.324. The number of fused-ring (bicyclic) bond motifs is 4. The number of aromatic amines is 1. The fourth-order valence-corrected chi connectivity index (χ4v) is 8.53. The lowest BCUT2D eigenvalue weighted by atomic mass is 10.0. The third-order valence-electron chi connectivity index (χ3n) is 9.32. The van der Waals surface area contributed by atoms with Crippen LogP contribution in [0.2, 0.25) is 25.7 Å². The predicted octanol–water partition coefficient (Wildman–Crippen LogP) is 7.89. The molecule has 6 aromatic rings. The minimum absolute atomic E-state index is 0.411. The SMILES string of the molecule is C[Si](C)(C)CCOCn1ncc2c(-c3ccc4c(c3)Sc3cc(-c5cccc6[nH]ncc56)ccc3N4CCN3CCOCC3)ccnc21. The highest BCUT2D eigenvalue weighted by Gasteiger charge is 2.26. The van der Waals surface area contributed by atoms with Crippen LogP contribution in [0.3, 0.4) is 0 Å². The molecule has 0 saturated carbocycles. The van der Waals surface area contributed by atoms with E-state index in [0.717, 1.165) is 85.1 Å². The molecule has 2 aliphatic heterocycles. The number of rotatable bonds is 10. The van der Waals surface area contributed by atoms with E-state index in [1.807, 2.05) is 35.0 Å². The van der Waals surface area contributed by atoms with Crippen LogP contribution in [-0.4, -0.2) is 83.9 Å². The standard InChI is InChI=1S/C37H41N7O2SSi/c1-48(2,3)20-19-46-25-44-37-31(24-40-44)29(11-12-38-37)27-8-10-34-36(22-27)47-35-21-26(28-5-4-6-32-30(28)23-39-41-32)7-9-33(35)43(34)14-13-42-15-17-45-18-16-42/h4-12,21-24H,13-20,25H2,1-3H3,(H,39,41). The van der Waals surface area contributed by atoms with E-state index in [9.17, 15) is 0 Å². The quantitative estimate of drug-likeness (QED) is 0.116. The molecule has 48 heavy (non-hydrogen) atoms. The van der Waals surface area contributed by atoms with Crippen LogP contribution in [-0.2, 0) is 16.2 Å². The predicted molar refractivity (Wildman–Crippen MR) is 197 cm³/mol. The van der Waals surface area contributed by atoms with Gasteiger partial charge in [0.05, 0.1) is 42.5 Å². The van der Waals surface area contributed by atoms with Crippen LogP contribution in [0, 0.1) is 0 Å². The van der Waals surface area contributed by atoms with Gasteiger partial charge in [-0.3, -0.25) is 10.00 Å². The molecule has 0 amide bonds. The molecule has 9 nitrogen and oxygen atoms in total. The molecule has 0 bridgehead atoms. The van der Waals surface area contributed by atoms with Gasteiger partial charge in [0.2, 0.25) is 0 Å². The van der Waals surface area contributed by atoms with Crippen molar-refractivity contribution in [2.24, 2.45) is 0 Å². The third-order valence-corrected chi connectivity index (χ3v) is 12.1. The summed E-state index contributed by atoms with van der Waals surface area (Å²) in [6, 6.07) is 23.3. The second-order valence-electron chi connectivity index (χ2n) is 13.8. The molecule has 5 heterocycles. The zero-order chi connectivity index (χ0) is 32.7. The van der Waals surface area contributed by atoms with Crippen LogP contribution in [0.5, 0.6) is 0 Å². The second-order valence-corrected chi connectivity index (χ2v) is 20.5. The number of anilines is 2. The maximum absolute atomic E-state index is 6.03. The molecule has 3 aromatic carbocycles. The minimum Gasteiger partial charge on any atom is -0.379 e. The van der Waals surface area contributed by atoms with Gasteiger partial charge in [0, 0.05) is 67.6 Å². The van der Waals surface area contributed by atoms with Crippen LogP contribution in [0.15, 0.2) is 89.0 Å². The monoisotopic (exact) mass is 675 g/mol. The molecule has 0 radical (unpaired) electrons. The number of ether oxygens (including phenoxy) is 2. The van der Waals surface area contributed by atoms with Gasteiger partial charge in [-0.15, -0.1) is 0 Å². The van der Waals surface area contributed by atoms with Crippen molar-refractivity contribution in [3.8, 4) is 22.3 Å². The topological polar surface area (TPSA) is 84.3 Å². The van der Waals surface area contributed by atoms with Gasteiger partial charge in [-0.1, -0.05) is 55.7 Å². The molecule has 0 spiro atoms. The Bertz CT molecular complexity index is 2080. The number of H-pyrrole nitrogens is 1. The summed E-state index contributed by atoms with van der Waals surface area (Å²) in [6.07, 6.45) is 5.74. The Morgan fingerprint density at radius 3 is 2.38 bits per heavy atom. The first-order valence-corrected chi connectivity index (χ1v) is 21.3. The molecule has 0 atom stereocenters. The van der Waals surface area contributed by atoms with Gasteiger partial charge in [-0.05, 0) is 64.7 Å². The summed E-state index contributed by atoms with van der Waals surface area (Å²) in [5, 5.41) is 14.3. The Hall–Kier alpha value is -4.00. The Labute approximate surface area is 286 Å². The number of hydrogen-bond donors (Lipinski definition) is 1. The number of pyridine rings is 1. The number of hydrogen-bond acceptors (Lipinski definition) is 8. The van der Waals surface area contributed by atoms with Crippen molar-refractivity contribution in [1.29, 1.82) is 0 Å². The zero-order valence-corrected chi connectivity index (χ0v) is 29.6. The summed E-state index contributed by atoms with van der Waals surface area (Å²) in [5.74, 6) is 0. The van der Waals surface area contributed by atoms with Crippen LogP contribution < -0.4 is 4.90 Å². The number of aromatic nitrogens is 5. The van der Waals surface area contributed by atoms with Crippen molar-refractivity contribution in [3.63, 3.8) is 0 Å². The highest BCUT2D eigenvalue weighted by atomic mass is 32.2. The number of benzene rings is 3. The Morgan fingerprint density at radius 2 is 1.62 bits per heavy atom. The molecular formula is C37H41N7O2SSi. The van der Waals surface area contributed by atoms with Crippen molar-refractivity contribution < 1.29 is 9.47 Å². The first-order chi connectivity index (χ1) is 23.4. The lowest BCUT2D eigenvalue weighted by Gasteiger charge is -2.36. The van der Waals surface area contributed by atoms with Crippen molar-refractivity contribution in [2.45, 2.75) is 42.2 Å². The smallest absolute Gasteiger partial charge is 0.160 e. The van der Waals surface area contributed by atoms with Crippen LogP contribution >= 0.6 is 11.8 Å². The van der Waals surface area contributed by atoms with Gasteiger partial charge in [0.25, 0.3) is 0 Å². The van der Waals surface area contributed by atoms with E-state index in [1.54, 1.807) is 0 Å². The first-order valence-electron chi connectivity index (χ1n) is 16.8. The van der Waals surface area contributed by atoms with Crippen molar-refractivity contribution >= 4 is 53.1 Å². The summed E-state index contributed by atoms with van der Waals surface area (Å²) < 4.78 is 13.5. The maximum atomic E-state index is 6.03. The summed E-state index contributed by atoms with van der Waals surface area (Å²) in [5.41, 5.74) is 9.04. The summed E-state index contributed by atoms with van der Waals surface area (Å²) in [4.78, 5) is 12.2. The van der Waals surface area contributed by atoms with Crippen molar-refractivity contribution in [1.82, 2.24) is 29.9 Å². The number of nitrogens with one attached hydrogen (secondary N) is 1. The van der Waals surface area contributed by atoms with Gasteiger partial charge < -0.3 is 14.4 Å². The largest absolute Gasteiger partial charge is 0.379 e.